The van der Waals surface area contributed by atoms with Crippen molar-refractivity contribution in [2.45, 2.75) is 6.10 Å². The van der Waals surface area contributed by atoms with E-state index in [2.05, 4.69) is 24.3 Å². The van der Waals surface area contributed by atoms with E-state index in [1.165, 1.54) is 0 Å². The Morgan fingerprint density at radius 2 is 0.939 bits per heavy atom. The molecule has 6 aromatic carbocycles. The van der Waals surface area contributed by atoms with Gasteiger partial charge in [-0.2, -0.15) is 0 Å². The van der Waals surface area contributed by atoms with Gasteiger partial charge in [-0.1, -0.05) is 109 Å². The van der Waals surface area contributed by atoms with Crippen LogP contribution in [-0.2, 0) is 0 Å². The zero-order valence-electron chi connectivity index (χ0n) is 17.9. The van der Waals surface area contributed by atoms with Crippen LogP contribution in [0.4, 0.5) is 0 Å². The summed E-state index contributed by atoms with van der Waals surface area (Å²) in [7, 11) is 0. The fraction of sp³-hybridized carbons (Fsp3) is 0.0323. The van der Waals surface area contributed by atoms with Crippen molar-refractivity contribution in [3.63, 3.8) is 0 Å². The highest BCUT2D eigenvalue weighted by Crippen LogP contribution is 2.45. The summed E-state index contributed by atoms with van der Waals surface area (Å²) < 4.78 is 0. The van der Waals surface area contributed by atoms with Gasteiger partial charge in [-0.25, -0.2) is 0 Å². The second-order valence-corrected chi connectivity index (χ2v) is 8.40. The molecule has 1 atom stereocenters. The van der Waals surface area contributed by atoms with E-state index in [1.807, 2.05) is 84.9 Å². The van der Waals surface area contributed by atoms with Crippen LogP contribution in [0.15, 0.2) is 115 Å². The fourth-order valence-electron chi connectivity index (χ4n) is 4.97. The number of fused-ring (bicyclic) bond motifs is 3. The number of benzene rings is 6. The Bertz CT molecular complexity index is 1640. The number of hydrogen-bond donors (Lipinski definition) is 2. The molecule has 6 aromatic rings. The predicted molar refractivity (Wildman–Crippen MR) is 137 cm³/mol. The van der Waals surface area contributed by atoms with Crippen molar-refractivity contribution in [2.24, 2.45) is 0 Å². The number of aromatic hydroxyl groups is 1. The predicted octanol–water partition coefficient (Wildman–Crippen LogP) is 7.60. The molecular formula is C31H22O2. The van der Waals surface area contributed by atoms with Gasteiger partial charge in [0.15, 0.2) is 0 Å². The van der Waals surface area contributed by atoms with E-state index >= 15 is 0 Å². The normalized spacial score (nSPS) is 12.4. The quantitative estimate of drug-likeness (QED) is 0.306. The van der Waals surface area contributed by atoms with Crippen LogP contribution in [-0.4, -0.2) is 10.2 Å². The summed E-state index contributed by atoms with van der Waals surface area (Å²) in [5.74, 6) is 0.205. The molecule has 0 radical (unpaired) electrons. The maximum absolute atomic E-state index is 11.8. The molecule has 0 unspecified atom stereocenters. The van der Waals surface area contributed by atoms with E-state index in [9.17, 15) is 10.2 Å². The minimum absolute atomic E-state index is 0.205. The van der Waals surface area contributed by atoms with E-state index in [-0.39, 0.29) is 5.75 Å². The topological polar surface area (TPSA) is 40.5 Å². The Morgan fingerprint density at radius 1 is 0.424 bits per heavy atom. The molecule has 0 aliphatic rings. The molecular weight excluding hydrogens is 404 g/mol. The van der Waals surface area contributed by atoms with E-state index in [0.717, 1.165) is 54.6 Å². The van der Waals surface area contributed by atoms with Crippen molar-refractivity contribution in [3.05, 3.63) is 126 Å². The maximum Gasteiger partial charge on any atom is 0.124 e. The summed E-state index contributed by atoms with van der Waals surface area (Å²) >= 11 is 0. The summed E-state index contributed by atoms with van der Waals surface area (Å²) in [5, 5.41) is 29.0. The van der Waals surface area contributed by atoms with Gasteiger partial charge in [0.25, 0.3) is 0 Å². The van der Waals surface area contributed by atoms with Crippen molar-refractivity contribution >= 4 is 32.3 Å². The van der Waals surface area contributed by atoms with E-state index in [4.69, 9.17) is 0 Å². The first-order valence-electron chi connectivity index (χ1n) is 11.1. The molecule has 158 valence electrons. The smallest absolute Gasteiger partial charge is 0.124 e. The number of aliphatic hydroxyl groups excluding tert-OH is 1. The molecule has 2 nitrogen and oxygen atoms in total. The van der Waals surface area contributed by atoms with Crippen molar-refractivity contribution in [1.29, 1.82) is 0 Å². The van der Waals surface area contributed by atoms with Crippen LogP contribution < -0.4 is 0 Å². The highest BCUT2D eigenvalue weighted by Gasteiger charge is 2.22. The summed E-state index contributed by atoms with van der Waals surface area (Å²) in [4.78, 5) is 0. The first kappa shape index (κ1) is 19.5. The summed E-state index contributed by atoms with van der Waals surface area (Å²) in [6.07, 6.45) is -0.853. The molecule has 0 spiro atoms. The zero-order valence-corrected chi connectivity index (χ0v) is 17.9. The largest absolute Gasteiger partial charge is 0.507 e. The average Bonchev–Trinajstić information content (AvgIpc) is 2.87. The molecule has 33 heavy (non-hydrogen) atoms. The molecule has 0 amide bonds. The zero-order chi connectivity index (χ0) is 22.4. The SMILES string of the molecule is Oc1ccc2ccccc2c1-c1c([C@H](O)c2cccc3ccccc23)ccc2ccccc12. The van der Waals surface area contributed by atoms with Crippen molar-refractivity contribution < 1.29 is 10.2 Å². The summed E-state index contributed by atoms with van der Waals surface area (Å²) in [5.41, 5.74) is 3.24. The minimum Gasteiger partial charge on any atom is -0.507 e. The van der Waals surface area contributed by atoms with Gasteiger partial charge in [0, 0.05) is 5.56 Å². The van der Waals surface area contributed by atoms with Crippen molar-refractivity contribution in [3.8, 4) is 16.9 Å². The van der Waals surface area contributed by atoms with Gasteiger partial charge in [0.1, 0.15) is 11.9 Å². The van der Waals surface area contributed by atoms with Gasteiger partial charge in [-0.3, -0.25) is 0 Å². The highest BCUT2D eigenvalue weighted by atomic mass is 16.3. The molecule has 2 N–H and O–H groups in total. The molecule has 0 heterocycles. The Labute approximate surface area is 192 Å². The van der Waals surface area contributed by atoms with Gasteiger partial charge in [0.05, 0.1) is 0 Å². The first-order chi connectivity index (χ1) is 16.2. The number of aliphatic hydroxyl groups is 1. The third kappa shape index (κ3) is 3.15. The van der Waals surface area contributed by atoms with Crippen molar-refractivity contribution in [1.82, 2.24) is 0 Å². The van der Waals surface area contributed by atoms with Crippen LogP contribution in [0, 0.1) is 0 Å². The lowest BCUT2D eigenvalue weighted by Crippen LogP contribution is -2.04. The molecule has 0 aliphatic heterocycles. The Morgan fingerprint density at radius 3 is 1.64 bits per heavy atom. The lowest BCUT2D eigenvalue weighted by atomic mass is 9.85. The summed E-state index contributed by atoms with van der Waals surface area (Å²) in [6.45, 7) is 0. The van der Waals surface area contributed by atoms with Crippen LogP contribution in [0.5, 0.6) is 5.75 Å². The Balaban J connectivity index is 1.71. The van der Waals surface area contributed by atoms with Crippen LogP contribution in [0.3, 0.4) is 0 Å². The van der Waals surface area contributed by atoms with Gasteiger partial charge < -0.3 is 10.2 Å². The second kappa shape index (κ2) is 7.77. The average molecular weight is 427 g/mol. The lowest BCUT2D eigenvalue weighted by Gasteiger charge is -2.21. The molecule has 0 aromatic heterocycles. The van der Waals surface area contributed by atoms with E-state index in [1.54, 1.807) is 6.07 Å². The maximum atomic E-state index is 11.8. The third-order valence-corrected chi connectivity index (χ3v) is 6.53. The molecule has 0 bridgehead atoms. The molecule has 0 aliphatic carbocycles. The third-order valence-electron chi connectivity index (χ3n) is 6.53. The molecule has 0 saturated carbocycles. The molecule has 2 heteroatoms. The Kier molecular flexibility index (Phi) is 4.60. The van der Waals surface area contributed by atoms with Gasteiger partial charge >= 0.3 is 0 Å². The van der Waals surface area contributed by atoms with Crippen molar-refractivity contribution in [2.75, 3.05) is 0 Å². The van der Waals surface area contributed by atoms with Gasteiger partial charge in [-0.15, -0.1) is 0 Å². The monoisotopic (exact) mass is 426 g/mol. The lowest BCUT2D eigenvalue weighted by molar-refractivity contribution is 0.222. The second-order valence-electron chi connectivity index (χ2n) is 8.40. The van der Waals surface area contributed by atoms with Gasteiger partial charge in [-0.05, 0) is 55.1 Å². The molecule has 0 saturated heterocycles. The van der Waals surface area contributed by atoms with Gasteiger partial charge in [0.2, 0.25) is 0 Å². The van der Waals surface area contributed by atoms with Crippen LogP contribution in [0.25, 0.3) is 43.4 Å². The highest BCUT2D eigenvalue weighted by molar-refractivity contribution is 6.09. The Hall–Kier alpha value is -4.14. The fourth-order valence-corrected chi connectivity index (χ4v) is 4.97. The van der Waals surface area contributed by atoms with Crippen LogP contribution in [0.1, 0.15) is 17.2 Å². The first-order valence-corrected chi connectivity index (χ1v) is 11.1. The molecule has 6 rings (SSSR count). The van der Waals surface area contributed by atoms with E-state index in [0.29, 0.717) is 0 Å². The minimum atomic E-state index is -0.853. The number of rotatable bonds is 3. The summed E-state index contributed by atoms with van der Waals surface area (Å²) in [6, 6.07) is 38.0. The van der Waals surface area contributed by atoms with E-state index < -0.39 is 6.10 Å². The molecule has 0 fully saturated rings. The standard InChI is InChI=1S/C31H22O2/c32-28-19-17-22-10-3-6-14-25(22)30(28)29-24-13-5-2-9-21(24)16-18-27(29)31(33)26-15-7-11-20-8-1-4-12-23(20)26/h1-19,31-33H/t31-/m1/s1. The number of phenolic OH excluding ortho intramolecular Hbond substituents is 1. The van der Waals surface area contributed by atoms with Crippen LogP contribution >= 0.6 is 0 Å². The van der Waals surface area contributed by atoms with Crippen LogP contribution in [0.2, 0.25) is 0 Å². The number of phenols is 1. The number of hydrogen-bond acceptors (Lipinski definition) is 2.